The summed E-state index contributed by atoms with van der Waals surface area (Å²) in [6.45, 7) is 8.85. The van der Waals surface area contributed by atoms with Crippen LogP contribution in [0.4, 0.5) is 5.95 Å². The first-order valence-corrected chi connectivity index (χ1v) is 11.9. The number of hydrogen-bond acceptors (Lipinski definition) is 6. The van der Waals surface area contributed by atoms with Crippen LogP contribution >= 0.6 is 0 Å². The number of nitrogens with two attached hydrogens (primary N) is 1. The van der Waals surface area contributed by atoms with Crippen LogP contribution in [0.15, 0.2) is 36.5 Å². The summed E-state index contributed by atoms with van der Waals surface area (Å²) in [7, 11) is 0. The van der Waals surface area contributed by atoms with Gasteiger partial charge >= 0.3 is 0 Å². The highest BCUT2D eigenvalue weighted by molar-refractivity contribution is 5.92. The molecule has 1 spiro atoms. The molecule has 2 aromatic rings. The van der Waals surface area contributed by atoms with E-state index in [0.717, 1.165) is 51.3 Å². The summed E-state index contributed by atoms with van der Waals surface area (Å²) in [6, 6.07) is 8.09. The Bertz CT molecular complexity index is 1060. The lowest BCUT2D eigenvalue weighted by Crippen LogP contribution is -2.48. The number of rotatable bonds is 3. The third-order valence-corrected chi connectivity index (χ3v) is 7.47. The van der Waals surface area contributed by atoms with Crippen LogP contribution in [-0.2, 0) is 6.54 Å². The summed E-state index contributed by atoms with van der Waals surface area (Å²) >= 11 is 0. The molecule has 2 saturated heterocycles. The van der Waals surface area contributed by atoms with Crippen LogP contribution in [-0.4, -0.2) is 57.5 Å². The third-order valence-electron chi connectivity index (χ3n) is 7.47. The van der Waals surface area contributed by atoms with Gasteiger partial charge in [0, 0.05) is 37.0 Å². The van der Waals surface area contributed by atoms with Gasteiger partial charge in [-0.15, -0.1) is 0 Å². The normalized spacial score (nSPS) is 21.5. The number of nitrogens with zero attached hydrogens (tertiary/aromatic N) is 4. The number of aromatic nitrogens is 2. The summed E-state index contributed by atoms with van der Waals surface area (Å²) in [6.07, 6.45) is 10.3. The number of ether oxygens (including phenoxy) is 1. The number of para-hydroxylation sites is 1. The molecule has 7 heteroatoms. The van der Waals surface area contributed by atoms with E-state index in [2.05, 4.69) is 59.1 Å². The topological polar surface area (TPSA) is 84.6 Å². The monoisotopic (exact) mass is 447 g/mol. The molecule has 33 heavy (non-hydrogen) atoms. The Balaban J connectivity index is 1.17. The van der Waals surface area contributed by atoms with Crippen molar-refractivity contribution >= 4 is 17.9 Å². The van der Waals surface area contributed by atoms with E-state index in [1.807, 2.05) is 4.90 Å². The molecule has 174 valence electrons. The van der Waals surface area contributed by atoms with Crippen LogP contribution in [0.3, 0.4) is 0 Å². The van der Waals surface area contributed by atoms with Crippen molar-refractivity contribution in [1.29, 1.82) is 0 Å². The number of nitrogen functional groups attached to an aromatic ring is 1. The SMILES string of the molecule is CC1(C)C=Cc2cccc(CN3CCC4(CC3)CCN(C(=O)c3ccnc(N)n3)CC4)c2O1. The number of likely N-dealkylation sites (tertiary alicyclic amines) is 2. The summed E-state index contributed by atoms with van der Waals surface area (Å²) in [5, 5.41) is 0. The second-order valence-corrected chi connectivity index (χ2v) is 10.2. The van der Waals surface area contributed by atoms with Crippen LogP contribution in [0.25, 0.3) is 6.08 Å². The first-order chi connectivity index (χ1) is 15.8. The Morgan fingerprint density at radius 2 is 1.82 bits per heavy atom. The molecule has 4 heterocycles. The minimum atomic E-state index is -0.266. The fourth-order valence-electron chi connectivity index (χ4n) is 5.34. The van der Waals surface area contributed by atoms with Gasteiger partial charge in [-0.3, -0.25) is 9.69 Å². The minimum absolute atomic E-state index is 0.0396. The Kier molecular flexibility index (Phi) is 5.60. The Morgan fingerprint density at radius 1 is 1.09 bits per heavy atom. The van der Waals surface area contributed by atoms with Gasteiger partial charge in [0.05, 0.1) is 0 Å². The van der Waals surface area contributed by atoms with Crippen molar-refractivity contribution in [3.63, 3.8) is 0 Å². The highest BCUT2D eigenvalue weighted by Crippen LogP contribution is 2.42. The average molecular weight is 448 g/mol. The zero-order valence-corrected chi connectivity index (χ0v) is 19.6. The molecule has 7 nitrogen and oxygen atoms in total. The number of carbonyl (C=O) groups excluding carboxylic acids is 1. The second-order valence-electron chi connectivity index (χ2n) is 10.2. The highest BCUT2D eigenvalue weighted by atomic mass is 16.5. The van der Waals surface area contributed by atoms with Crippen molar-refractivity contribution < 1.29 is 9.53 Å². The molecule has 2 N–H and O–H groups in total. The Hall–Kier alpha value is -2.93. The quantitative estimate of drug-likeness (QED) is 0.771. The van der Waals surface area contributed by atoms with Gasteiger partial charge in [0.15, 0.2) is 0 Å². The van der Waals surface area contributed by atoms with E-state index >= 15 is 0 Å². The van der Waals surface area contributed by atoms with Crippen molar-refractivity contribution in [1.82, 2.24) is 19.8 Å². The van der Waals surface area contributed by atoms with E-state index in [-0.39, 0.29) is 17.5 Å². The predicted octanol–water partition coefficient (Wildman–Crippen LogP) is 3.76. The van der Waals surface area contributed by atoms with E-state index in [1.54, 1.807) is 12.3 Å². The third kappa shape index (κ3) is 4.60. The van der Waals surface area contributed by atoms with E-state index in [0.29, 0.717) is 11.1 Å². The van der Waals surface area contributed by atoms with Crippen LogP contribution in [0.2, 0.25) is 0 Å². The molecule has 0 bridgehead atoms. The fraction of sp³-hybridized carbons (Fsp3) is 0.500. The number of fused-ring (bicyclic) bond motifs is 1. The molecular formula is C26H33N5O2. The number of benzene rings is 1. The van der Waals surface area contributed by atoms with Crippen molar-refractivity contribution in [3.05, 3.63) is 53.4 Å². The Labute approximate surface area is 195 Å². The first-order valence-electron chi connectivity index (χ1n) is 11.9. The highest BCUT2D eigenvalue weighted by Gasteiger charge is 2.39. The summed E-state index contributed by atoms with van der Waals surface area (Å²) < 4.78 is 6.31. The molecule has 1 aromatic carbocycles. The molecule has 2 fully saturated rings. The molecule has 0 saturated carbocycles. The predicted molar refractivity (Wildman–Crippen MR) is 129 cm³/mol. The van der Waals surface area contributed by atoms with Crippen molar-refractivity contribution in [2.24, 2.45) is 5.41 Å². The van der Waals surface area contributed by atoms with E-state index in [1.165, 1.54) is 24.0 Å². The number of carbonyl (C=O) groups is 1. The zero-order valence-electron chi connectivity index (χ0n) is 19.6. The molecule has 5 rings (SSSR count). The minimum Gasteiger partial charge on any atom is -0.483 e. The molecular weight excluding hydrogens is 414 g/mol. The zero-order chi connectivity index (χ0) is 23.1. The van der Waals surface area contributed by atoms with Gasteiger partial charge in [-0.05, 0) is 70.2 Å². The first kappa shape index (κ1) is 21.9. The van der Waals surface area contributed by atoms with Crippen LogP contribution in [0.5, 0.6) is 5.75 Å². The Morgan fingerprint density at radius 3 is 2.55 bits per heavy atom. The molecule has 0 atom stereocenters. The van der Waals surface area contributed by atoms with Crippen LogP contribution in [0.1, 0.15) is 61.1 Å². The molecule has 0 radical (unpaired) electrons. The van der Waals surface area contributed by atoms with Gasteiger partial charge in [0.1, 0.15) is 17.0 Å². The van der Waals surface area contributed by atoms with Gasteiger partial charge in [0.2, 0.25) is 5.95 Å². The number of anilines is 1. The van der Waals surface area contributed by atoms with Gasteiger partial charge in [-0.2, -0.15) is 0 Å². The number of hydrogen-bond donors (Lipinski definition) is 1. The van der Waals surface area contributed by atoms with Crippen molar-refractivity contribution in [2.75, 3.05) is 31.9 Å². The molecule has 1 amide bonds. The lowest BCUT2D eigenvalue weighted by Gasteiger charge is -2.47. The average Bonchev–Trinajstić information content (AvgIpc) is 2.81. The van der Waals surface area contributed by atoms with Gasteiger partial charge < -0.3 is 15.4 Å². The maximum Gasteiger partial charge on any atom is 0.272 e. The second kappa shape index (κ2) is 8.45. The number of piperidine rings is 2. The molecule has 0 unspecified atom stereocenters. The number of amides is 1. The van der Waals surface area contributed by atoms with Crippen LogP contribution < -0.4 is 10.5 Å². The van der Waals surface area contributed by atoms with E-state index in [4.69, 9.17) is 10.5 Å². The molecule has 3 aliphatic heterocycles. The summed E-state index contributed by atoms with van der Waals surface area (Å²) in [4.78, 5) is 25.2. The van der Waals surface area contributed by atoms with E-state index < -0.39 is 0 Å². The van der Waals surface area contributed by atoms with Crippen molar-refractivity contribution in [3.8, 4) is 5.75 Å². The van der Waals surface area contributed by atoms with Crippen molar-refractivity contribution in [2.45, 2.75) is 51.7 Å². The summed E-state index contributed by atoms with van der Waals surface area (Å²) in [5.41, 5.74) is 8.55. The maximum absolute atomic E-state index is 12.8. The fourth-order valence-corrected chi connectivity index (χ4v) is 5.34. The van der Waals surface area contributed by atoms with Gasteiger partial charge in [-0.1, -0.05) is 24.3 Å². The van der Waals surface area contributed by atoms with Gasteiger partial charge in [-0.25, -0.2) is 9.97 Å². The molecule has 3 aliphatic rings. The largest absolute Gasteiger partial charge is 0.483 e. The summed E-state index contributed by atoms with van der Waals surface area (Å²) in [5.74, 6) is 1.14. The van der Waals surface area contributed by atoms with Crippen LogP contribution in [0, 0.1) is 5.41 Å². The molecule has 1 aromatic heterocycles. The molecule has 0 aliphatic carbocycles. The van der Waals surface area contributed by atoms with Gasteiger partial charge in [0.25, 0.3) is 5.91 Å². The lowest BCUT2D eigenvalue weighted by atomic mass is 9.71. The standard InChI is InChI=1S/C26H33N5O2/c1-25(2)8-6-19-4-3-5-20(22(19)33-25)18-30-14-9-26(10-15-30)11-16-31(17-12-26)23(32)21-7-13-28-24(27)29-21/h3-8,13H,9-12,14-18H2,1-2H3,(H2,27,28,29). The maximum atomic E-state index is 12.8. The smallest absolute Gasteiger partial charge is 0.272 e. The lowest BCUT2D eigenvalue weighted by molar-refractivity contribution is 0.0279. The van der Waals surface area contributed by atoms with E-state index in [9.17, 15) is 4.79 Å².